The number of benzene rings is 2. The summed E-state index contributed by atoms with van der Waals surface area (Å²) in [5.74, 6) is 0.281. The molecule has 2 aromatic carbocycles. The summed E-state index contributed by atoms with van der Waals surface area (Å²) in [5.41, 5.74) is 4.51. The summed E-state index contributed by atoms with van der Waals surface area (Å²) in [6, 6.07) is 9.94. The quantitative estimate of drug-likeness (QED) is 0.846. The molecule has 0 fully saturated rings. The fraction of sp³-hybridized carbons (Fsp3) is 0.200. The standard InChI is InChI=1S/C15H14F3NO2/c1-2-20-13-5-3-4-6-14(13)21-12-8-7-10(19)9-11(12)15(16,17)18/h3-9H,2,19H2,1H3. The highest BCUT2D eigenvalue weighted by atomic mass is 19.4. The molecule has 0 aliphatic rings. The predicted molar refractivity (Wildman–Crippen MR) is 73.5 cm³/mol. The summed E-state index contributed by atoms with van der Waals surface area (Å²) in [6.45, 7) is 2.16. The Morgan fingerprint density at radius 2 is 1.67 bits per heavy atom. The number of para-hydroxylation sites is 2. The Labute approximate surface area is 120 Å². The molecule has 3 nitrogen and oxygen atoms in total. The van der Waals surface area contributed by atoms with Crippen molar-refractivity contribution in [3.05, 3.63) is 48.0 Å². The highest BCUT2D eigenvalue weighted by molar-refractivity contribution is 5.51. The number of alkyl halides is 3. The lowest BCUT2D eigenvalue weighted by Crippen LogP contribution is -2.08. The lowest BCUT2D eigenvalue weighted by molar-refractivity contribution is -0.138. The zero-order valence-corrected chi connectivity index (χ0v) is 11.3. The Hall–Kier alpha value is -2.37. The maximum absolute atomic E-state index is 13.0. The zero-order chi connectivity index (χ0) is 15.5. The molecule has 0 amide bonds. The second-order valence-electron chi connectivity index (χ2n) is 4.24. The Bertz CT molecular complexity index is 627. The molecule has 2 N–H and O–H groups in total. The van der Waals surface area contributed by atoms with Gasteiger partial charge in [-0.2, -0.15) is 13.2 Å². The average molecular weight is 297 g/mol. The number of hydrogen-bond donors (Lipinski definition) is 1. The molecule has 0 unspecified atom stereocenters. The van der Waals surface area contributed by atoms with E-state index in [1.54, 1.807) is 31.2 Å². The predicted octanol–water partition coefficient (Wildman–Crippen LogP) is 4.48. The second kappa shape index (κ2) is 5.95. The number of ether oxygens (including phenoxy) is 2. The number of halogens is 3. The number of anilines is 1. The van der Waals surface area contributed by atoms with E-state index >= 15 is 0 Å². The molecule has 112 valence electrons. The van der Waals surface area contributed by atoms with Crippen LogP contribution in [0, 0.1) is 0 Å². The van der Waals surface area contributed by atoms with Crippen molar-refractivity contribution < 1.29 is 22.6 Å². The van der Waals surface area contributed by atoms with Gasteiger partial charge in [0, 0.05) is 5.69 Å². The van der Waals surface area contributed by atoms with Gasteiger partial charge in [-0.1, -0.05) is 12.1 Å². The van der Waals surface area contributed by atoms with Crippen LogP contribution in [0.1, 0.15) is 12.5 Å². The molecule has 0 heterocycles. The van der Waals surface area contributed by atoms with E-state index in [0.717, 1.165) is 6.07 Å². The van der Waals surface area contributed by atoms with Crippen LogP contribution in [0.3, 0.4) is 0 Å². The van der Waals surface area contributed by atoms with Crippen molar-refractivity contribution in [1.29, 1.82) is 0 Å². The summed E-state index contributed by atoms with van der Waals surface area (Å²) < 4.78 is 49.7. The monoisotopic (exact) mass is 297 g/mol. The molecule has 0 aliphatic carbocycles. The van der Waals surface area contributed by atoms with E-state index in [-0.39, 0.29) is 17.2 Å². The molecule has 0 radical (unpaired) electrons. The highest BCUT2D eigenvalue weighted by Crippen LogP contribution is 2.41. The van der Waals surface area contributed by atoms with E-state index in [1.165, 1.54) is 12.1 Å². The van der Waals surface area contributed by atoms with Gasteiger partial charge in [0.25, 0.3) is 0 Å². The normalized spacial score (nSPS) is 11.2. The number of nitrogens with two attached hydrogens (primary N) is 1. The summed E-state index contributed by atoms with van der Waals surface area (Å²) in [7, 11) is 0. The lowest BCUT2D eigenvalue weighted by Gasteiger charge is -2.16. The van der Waals surface area contributed by atoms with Gasteiger partial charge in [0.1, 0.15) is 11.3 Å². The molecule has 0 spiro atoms. The van der Waals surface area contributed by atoms with Crippen LogP contribution >= 0.6 is 0 Å². The van der Waals surface area contributed by atoms with Crippen LogP contribution < -0.4 is 15.2 Å². The molecule has 0 atom stereocenters. The van der Waals surface area contributed by atoms with E-state index in [0.29, 0.717) is 12.4 Å². The Kier molecular flexibility index (Phi) is 4.26. The van der Waals surface area contributed by atoms with Crippen LogP contribution in [0.5, 0.6) is 17.2 Å². The first-order chi connectivity index (χ1) is 9.91. The van der Waals surface area contributed by atoms with Gasteiger partial charge in [0.15, 0.2) is 11.5 Å². The Morgan fingerprint density at radius 3 is 2.29 bits per heavy atom. The molecule has 21 heavy (non-hydrogen) atoms. The summed E-state index contributed by atoms with van der Waals surface area (Å²) >= 11 is 0. The first-order valence-corrected chi connectivity index (χ1v) is 6.28. The largest absolute Gasteiger partial charge is 0.490 e. The minimum absolute atomic E-state index is 0.0211. The van der Waals surface area contributed by atoms with E-state index in [4.69, 9.17) is 15.2 Å². The summed E-state index contributed by atoms with van der Waals surface area (Å²) in [5, 5.41) is 0. The van der Waals surface area contributed by atoms with Crippen molar-refractivity contribution in [2.24, 2.45) is 0 Å². The third-order valence-corrected chi connectivity index (χ3v) is 2.68. The van der Waals surface area contributed by atoms with Crippen LogP contribution in [0.4, 0.5) is 18.9 Å². The fourth-order valence-electron chi connectivity index (χ4n) is 1.79. The highest BCUT2D eigenvalue weighted by Gasteiger charge is 2.35. The molecular weight excluding hydrogens is 283 g/mol. The molecule has 2 aromatic rings. The van der Waals surface area contributed by atoms with Crippen molar-refractivity contribution in [1.82, 2.24) is 0 Å². The Morgan fingerprint density at radius 1 is 1.00 bits per heavy atom. The van der Waals surface area contributed by atoms with Gasteiger partial charge in [-0.25, -0.2) is 0 Å². The SMILES string of the molecule is CCOc1ccccc1Oc1ccc(N)cc1C(F)(F)F. The molecule has 0 aromatic heterocycles. The van der Waals surface area contributed by atoms with Crippen molar-refractivity contribution >= 4 is 5.69 Å². The van der Waals surface area contributed by atoms with Gasteiger partial charge >= 0.3 is 6.18 Å². The smallest absolute Gasteiger partial charge is 0.420 e. The van der Waals surface area contributed by atoms with Crippen LogP contribution in [-0.4, -0.2) is 6.61 Å². The Balaban J connectivity index is 2.41. The molecule has 0 saturated carbocycles. The third kappa shape index (κ3) is 3.59. The van der Waals surface area contributed by atoms with Crippen molar-refractivity contribution in [3.63, 3.8) is 0 Å². The third-order valence-electron chi connectivity index (χ3n) is 2.68. The first kappa shape index (κ1) is 15.0. The van der Waals surface area contributed by atoms with Gasteiger partial charge in [-0.3, -0.25) is 0 Å². The molecule has 0 bridgehead atoms. The van der Waals surface area contributed by atoms with E-state index < -0.39 is 11.7 Å². The summed E-state index contributed by atoms with van der Waals surface area (Å²) in [6.07, 6.45) is -4.55. The molecule has 0 saturated heterocycles. The maximum atomic E-state index is 13.0. The number of rotatable bonds is 4. The first-order valence-electron chi connectivity index (χ1n) is 6.28. The van der Waals surface area contributed by atoms with Gasteiger partial charge in [0.2, 0.25) is 0 Å². The van der Waals surface area contributed by atoms with Crippen molar-refractivity contribution in [2.45, 2.75) is 13.1 Å². The van der Waals surface area contributed by atoms with Crippen LogP contribution in [-0.2, 0) is 6.18 Å². The number of hydrogen-bond acceptors (Lipinski definition) is 3. The zero-order valence-electron chi connectivity index (χ0n) is 11.3. The van der Waals surface area contributed by atoms with Crippen LogP contribution in [0.25, 0.3) is 0 Å². The van der Waals surface area contributed by atoms with E-state index in [1.807, 2.05) is 0 Å². The molecule has 2 rings (SSSR count). The van der Waals surface area contributed by atoms with E-state index in [9.17, 15) is 13.2 Å². The summed E-state index contributed by atoms with van der Waals surface area (Å²) in [4.78, 5) is 0. The van der Waals surface area contributed by atoms with Gasteiger partial charge in [-0.05, 0) is 37.3 Å². The molecule has 0 aliphatic heterocycles. The maximum Gasteiger partial charge on any atom is 0.420 e. The second-order valence-corrected chi connectivity index (χ2v) is 4.24. The molecule has 6 heteroatoms. The van der Waals surface area contributed by atoms with Gasteiger partial charge in [-0.15, -0.1) is 0 Å². The van der Waals surface area contributed by atoms with Crippen molar-refractivity contribution in [3.8, 4) is 17.2 Å². The molecular formula is C15H14F3NO2. The van der Waals surface area contributed by atoms with Gasteiger partial charge in [0.05, 0.1) is 6.61 Å². The van der Waals surface area contributed by atoms with Crippen molar-refractivity contribution in [2.75, 3.05) is 12.3 Å². The van der Waals surface area contributed by atoms with Crippen LogP contribution in [0.2, 0.25) is 0 Å². The van der Waals surface area contributed by atoms with Gasteiger partial charge < -0.3 is 15.2 Å². The van der Waals surface area contributed by atoms with E-state index in [2.05, 4.69) is 0 Å². The fourth-order valence-corrected chi connectivity index (χ4v) is 1.79. The average Bonchev–Trinajstić information content (AvgIpc) is 2.42. The minimum atomic E-state index is -4.55. The lowest BCUT2D eigenvalue weighted by atomic mass is 10.1. The van der Waals surface area contributed by atoms with Crippen LogP contribution in [0.15, 0.2) is 42.5 Å². The number of nitrogen functional groups attached to an aromatic ring is 1. The topological polar surface area (TPSA) is 44.5 Å². The minimum Gasteiger partial charge on any atom is -0.490 e.